The van der Waals surface area contributed by atoms with Crippen molar-refractivity contribution in [1.82, 2.24) is 9.78 Å². The summed E-state index contributed by atoms with van der Waals surface area (Å²) in [6.07, 6.45) is 1.84. The van der Waals surface area contributed by atoms with Crippen molar-refractivity contribution in [3.63, 3.8) is 0 Å². The van der Waals surface area contributed by atoms with Gasteiger partial charge in [-0.25, -0.2) is 0 Å². The Hall–Kier alpha value is -1.32. The standard InChI is InChI=1S/C8H14N4/c1-6(2)5-12-4-3-7(11-12)8(9)10/h3-4,6H,5H2,1-2H3,(H3,9,10). The zero-order valence-electron chi connectivity index (χ0n) is 7.41. The van der Waals surface area contributed by atoms with Gasteiger partial charge in [-0.3, -0.25) is 10.1 Å². The van der Waals surface area contributed by atoms with Crippen molar-refractivity contribution in [2.75, 3.05) is 0 Å². The molecule has 0 bridgehead atoms. The second-order valence-corrected chi connectivity index (χ2v) is 3.23. The fourth-order valence-electron chi connectivity index (χ4n) is 0.981. The Morgan fingerprint density at radius 3 is 2.83 bits per heavy atom. The van der Waals surface area contributed by atoms with Gasteiger partial charge >= 0.3 is 0 Å². The minimum absolute atomic E-state index is 0.0255. The van der Waals surface area contributed by atoms with Crippen molar-refractivity contribution < 1.29 is 0 Å². The summed E-state index contributed by atoms with van der Waals surface area (Å²) in [5, 5.41) is 11.3. The number of nitrogens with zero attached hydrogens (tertiary/aromatic N) is 2. The molecule has 0 aliphatic rings. The van der Waals surface area contributed by atoms with Gasteiger partial charge in [-0.1, -0.05) is 13.8 Å². The molecule has 0 saturated heterocycles. The highest BCUT2D eigenvalue weighted by Crippen LogP contribution is 1.99. The van der Waals surface area contributed by atoms with Crippen LogP contribution in [0.1, 0.15) is 19.5 Å². The first-order chi connectivity index (χ1) is 5.59. The maximum Gasteiger partial charge on any atom is 0.143 e. The zero-order valence-corrected chi connectivity index (χ0v) is 7.41. The first-order valence-corrected chi connectivity index (χ1v) is 3.97. The number of hydrogen-bond donors (Lipinski definition) is 2. The van der Waals surface area contributed by atoms with Crippen molar-refractivity contribution >= 4 is 5.84 Å². The quantitative estimate of drug-likeness (QED) is 0.515. The van der Waals surface area contributed by atoms with Crippen LogP contribution in [0.25, 0.3) is 0 Å². The molecule has 4 heteroatoms. The minimum atomic E-state index is 0.0255. The van der Waals surface area contributed by atoms with Crippen molar-refractivity contribution in [2.24, 2.45) is 11.7 Å². The smallest absolute Gasteiger partial charge is 0.143 e. The van der Waals surface area contributed by atoms with E-state index in [1.54, 1.807) is 10.7 Å². The molecule has 0 amide bonds. The molecule has 1 aromatic heterocycles. The summed E-state index contributed by atoms with van der Waals surface area (Å²) in [6.45, 7) is 5.11. The van der Waals surface area contributed by atoms with Gasteiger partial charge in [0.2, 0.25) is 0 Å². The average Bonchev–Trinajstić information content (AvgIpc) is 2.34. The maximum absolute atomic E-state index is 7.13. The molecule has 0 aromatic carbocycles. The summed E-state index contributed by atoms with van der Waals surface area (Å²) >= 11 is 0. The van der Waals surface area contributed by atoms with E-state index >= 15 is 0 Å². The second kappa shape index (κ2) is 3.38. The lowest BCUT2D eigenvalue weighted by atomic mass is 10.2. The molecule has 1 heterocycles. The molecule has 4 nitrogen and oxygen atoms in total. The summed E-state index contributed by atoms with van der Waals surface area (Å²) in [5.74, 6) is 0.585. The number of nitrogens with one attached hydrogen (secondary N) is 1. The van der Waals surface area contributed by atoms with E-state index in [1.165, 1.54) is 0 Å². The fraction of sp³-hybridized carbons (Fsp3) is 0.500. The number of aromatic nitrogens is 2. The molecular formula is C8H14N4. The summed E-state index contributed by atoms with van der Waals surface area (Å²) in [6, 6.07) is 1.75. The maximum atomic E-state index is 7.13. The number of amidine groups is 1. The molecular weight excluding hydrogens is 152 g/mol. The van der Waals surface area contributed by atoms with Crippen LogP contribution in [0.15, 0.2) is 12.3 Å². The first kappa shape index (κ1) is 8.77. The van der Waals surface area contributed by atoms with Gasteiger partial charge < -0.3 is 5.73 Å². The number of nitrogens with two attached hydrogens (primary N) is 1. The fourth-order valence-corrected chi connectivity index (χ4v) is 0.981. The van der Waals surface area contributed by atoms with Gasteiger partial charge in [-0.2, -0.15) is 5.10 Å². The molecule has 0 fully saturated rings. The Balaban J connectivity index is 2.71. The number of rotatable bonds is 3. The average molecular weight is 166 g/mol. The largest absolute Gasteiger partial charge is 0.382 e. The van der Waals surface area contributed by atoms with Crippen molar-refractivity contribution in [3.05, 3.63) is 18.0 Å². The Kier molecular flexibility index (Phi) is 2.47. The number of nitrogen functional groups attached to an aromatic ring is 1. The van der Waals surface area contributed by atoms with Crippen LogP contribution in [-0.2, 0) is 6.54 Å². The summed E-state index contributed by atoms with van der Waals surface area (Å²) in [4.78, 5) is 0. The molecule has 0 aliphatic heterocycles. The van der Waals surface area contributed by atoms with Crippen molar-refractivity contribution in [3.8, 4) is 0 Å². The highest BCUT2D eigenvalue weighted by Gasteiger charge is 2.02. The Bertz CT molecular complexity index is 274. The van der Waals surface area contributed by atoms with Crippen molar-refractivity contribution in [1.29, 1.82) is 5.41 Å². The molecule has 1 rings (SSSR count). The van der Waals surface area contributed by atoms with E-state index in [-0.39, 0.29) is 5.84 Å². The van der Waals surface area contributed by atoms with Crippen LogP contribution in [-0.4, -0.2) is 15.6 Å². The first-order valence-electron chi connectivity index (χ1n) is 3.97. The lowest BCUT2D eigenvalue weighted by Gasteiger charge is -2.03. The van der Waals surface area contributed by atoms with E-state index in [9.17, 15) is 0 Å². The molecule has 0 radical (unpaired) electrons. The van der Waals surface area contributed by atoms with Gasteiger partial charge in [0.25, 0.3) is 0 Å². The Morgan fingerprint density at radius 2 is 2.42 bits per heavy atom. The topological polar surface area (TPSA) is 67.7 Å². The molecule has 3 N–H and O–H groups in total. The number of hydrogen-bond acceptors (Lipinski definition) is 2. The second-order valence-electron chi connectivity index (χ2n) is 3.23. The van der Waals surface area contributed by atoms with Gasteiger partial charge in [0, 0.05) is 12.7 Å². The zero-order chi connectivity index (χ0) is 9.14. The predicted molar refractivity (Wildman–Crippen MR) is 48.1 cm³/mol. The van der Waals surface area contributed by atoms with E-state index in [4.69, 9.17) is 11.1 Å². The van der Waals surface area contributed by atoms with E-state index in [2.05, 4.69) is 18.9 Å². The van der Waals surface area contributed by atoms with Crippen LogP contribution in [0.4, 0.5) is 0 Å². The van der Waals surface area contributed by atoms with Crippen LogP contribution in [0.5, 0.6) is 0 Å². The highest BCUT2D eigenvalue weighted by atomic mass is 15.3. The van der Waals surface area contributed by atoms with E-state index < -0.39 is 0 Å². The van der Waals surface area contributed by atoms with Gasteiger partial charge in [0.15, 0.2) is 0 Å². The molecule has 0 saturated carbocycles. The molecule has 12 heavy (non-hydrogen) atoms. The predicted octanol–water partition coefficient (Wildman–Crippen LogP) is 0.823. The van der Waals surface area contributed by atoms with Crippen LogP contribution in [0.2, 0.25) is 0 Å². The van der Waals surface area contributed by atoms with Gasteiger partial charge in [0.1, 0.15) is 11.5 Å². The van der Waals surface area contributed by atoms with Gasteiger partial charge in [-0.15, -0.1) is 0 Å². The van der Waals surface area contributed by atoms with Gasteiger partial charge in [0.05, 0.1) is 0 Å². The summed E-state index contributed by atoms with van der Waals surface area (Å²) in [5.41, 5.74) is 5.82. The van der Waals surface area contributed by atoms with E-state index in [0.29, 0.717) is 11.6 Å². The molecule has 1 aromatic rings. The molecule has 0 atom stereocenters. The molecule has 66 valence electrons. The van der Waals surface area contributed by atoms with E-state index in [1.807, 2.05) is 6.20 Å². The van der Waals surface area contributed by atoms with Crippen LogP contribution < -0.4 is 5.73 Å². The lowest BCUT2D eigenvalue weighted by Crippen LogP contribution is -2.13. The van der Waals surface area contributed by atoms with Crippen LogP contribution in [0, 0.1) is 11.3 Å². The third-order valence-electron chi connectivity index (χ3n) is 1.47. The third-order valence-corrected chi connectivity index (χ3v) is 1.47. The molecule has 0 aliphatic carbocycles. The molecule has 0 unspecified atom stereocenters. The van der Waals surface area contributed by atoms with Crippen molar-refractivity contribution in [2.45, 2.75) is 20.4 Å². The Morgan fingerprint density at radius 1 is 1.75 bits per heavy atom. The lowest BCUT2D eigenvalue weighted by molar-refractivity contribution is 0.482. The summed E-state index contributed by atoms with van der Waals surface area (Å²) < 4.78 is 1.81. The monoisotopic (exact) mass is 166 g/mol. The molecule has 0 spiro atoms. The SMILES string of the molecule is CC(C)Cn1ccc(C(=N)N)n1. The van der Waals surface area contributed by atoms with Crippen LogP contribution in [0.3, 0.4) is 0 Å². The van der Waals surface area contributed by atoms with Gasteiger partial charge in [-0.05, 0) is 12.0 Å². The third kappa shape index (κ3) is 2.08. The van der Waals surface area contributed by atoms with E-state index in [0.717, 1.165) is 6.54 Å². The highest BCUT2D eigenvalue weighted by molar-refractivity contribution is 5.92. The minimum Gasteiger partial charge on any atom is -0.382 e. The summed E-state index contributed by atoms with van der Waals surface area (Å²) in [7, 11) is 0. The Labute approximate surface area is 71.9 Å². The van der Waals surface area contributed by atoms with Crippen LogP contribution >= 0.6 is 0 Å². The normalized spacial score (nSPS) is 10.6.